The first-order valence-electron chi connectivity index (χ1n) is 7.23. The van der Waals surface area contributed by atoms with Crippen LogP contribution in [0.5, 0.6) is 11.5 Å². The average molecular weight is 359 g/mol. The predicted molar refractivity (Wildman–Crippen MR) is 91.0 cm³/mol. The summed E-state index contributed by atoms with van der Waals surface area (Å²) in [5.74, 6) is 2.20. The van der Waals surface area contributed by atoms with Crippen molar-refractivity contribution in [3.63, 3.8) is 0 Å². The molecule has 0 heterocycles. The van der Waals surface area contributed by atoms with Crippen LogP contribution in [-0.2, 0) is 6.54 Å². The summed E-state index contributed by atoms with van der Waals surface area (Å²) in [7, 11) is 5.45. The number of nitrogens with two attached hydrogens (primary N) is 1. The Bertz CT molecular complexity index is 452. The fourth-order valence-corrected chi connectivity index (χ4v) is 2.60. The summed E-state index contributed by atoms with van der Waals surface area (Å²) in [6.45, 7) is 6.08. The lowest BCUT2D eigenvalue weighted by molar-refractivity contribution is 0.290. The number of methoxy groups -OCH3 is 2. The Morgan fingerprint density at radius 1 is 1.19 bits per heavy atom. The first-order chi connectivity index (χ1) is 9.88. The molecule has 0 aromatic heterocycles. The van der Waals surface area contributed by atoms with Gasteiger partial charge in [-0.15, -0.1) is 0 Å². The lowest BCUT2D eigenvalue weighted by Gasteiger charge is -2.22. The second-order valence-electron chi connectivity index (χ2n) is 5.73. The highest BCUT2D eigenvalue weighted by atomic mass is 79.9. The second-order valence-corrected chi connectivity index (χ2v) is 6.59. The monoisotopic (exact) mass is 358 g/mol. The Labute approximate surface area is 136 Å². The highest BCUT2D eigenvalue weighted by molar-refractivity contribution is 9.10. The van der Waals surface area contributed by atoms with E-state index in [1.807, 2.05) is 12.1 Å². The molecule has 4 nitrogen and oxygen atoms in total. The zero-order chi connectivity index (χ0) is 16.0. The van der Waals surface area contributed by atoms with Crippen molar-refractivity contribution in [1.29, 1.82) is 0 Å². The summed E-state index contributed by atoms with van der Waals surface area (Å²) < 4.78 is 11.7. The number of hydrogen-bond acceptors (Lipinski definition) is 4. The van der Waals surface area contributed by atoms with Gasteiger partial charge in [0.05, 0.1) is 18.7 Å². The third kappa shape index (κ3) is 5.49. The molecule has 0 aliphatic rings. The zero-order valence-corrected chi connectivity index (χ0v) is 15.2. The van der Waals surface area contributed by atoms with Gasteiger partial charge in [0.1, 0.15) is 11.5 Å². The molecule has 5 heteroatoms. The SMILES string of the molecule is COc1cc(CN(C)CCC(N)C(C)C)c(OC)cc1Br. The Hall–Kier alpha value is -0.780. The molecular weight excluding hydrogens is 332 g/mol. The number of halogens is 1. The largest absolute Gasteiger partial charge is 0.496 e. The van der Waals surface area contributed by atoms with Gasteiger partial charge in [-0.2, -0.15) is 0 Å². The number of nitrogens with zero attached hydrogens (tertiary/aromatic N) is 1. The molecule has 0 spiro atoms. The molecule has 120 valence electrons. The summed E-state index contributed by atoms with van der Waals surface area (Å²) >= 11 is 3.48. The van der Waals surface area contributed by atoms with E-state index in [0.29, 0.717) is 5.92 Å². The van der Waals surface area contributed by atoms with Gasteiger partial charge in [-0.25, -0.2) is 0 Å². The van der Waals surface area contributed by atoms with Gasteiger partial charge in [-0.05, 0) is 54.0 Å². The van der Waals surface area contributed by atoms with Crippen molar-refractivity contribution in [1.82, 2.24) is 4.90 Å². The lowest BCUT2D eigenvalue weighted by atomic mass is 10.0. The number of rotatable bonds is 8. The molecular formula is C16H27BrN2O2. The molecule has 1 aromatic rings. The van der Waals surface area contributed by atoms with Gasteiger partial charge < -0.3 is 20.1 Å². The number of benzene rings is 1. The third-order valence-electron chi connectivity index (χ3n) is 3.70. The van der Waals surface area contributed by atoms with Crippen LogP contribution in [0.2, 0.25) is 0 Å². The Morgan fingerprint density at radius 3 is 2.33 bits per heavy atom. The van der Waals surface area contributed by atoms with E-state index >= 15 is 0 Å². The maximum Gasteiger partial charge on any atom is 0.133 e. The van der Waals surface area contributed by atoms with Gasteiger partial charge in [0.15, 0.2) is 0 Å². The van der Waals surface area contributed by atoms with E-state index in [0.717, 1.165) is 41.0 Å². The van der Waals surface area contributed by atoms with Crippen molar-refractivity contribution >= 4 is 15.9 Å². The minimum Gasteiger partial charge on any atom is -0.496 e. The Balaban J connectivity index is 2.72. The molecule has 1 aromatic carbocycles. The molecule has 0 amide bonds. The number of ether oxygens (including phenoxy) is 2. The standard InChI is InChI=1S/C16H27BrN2O2/c1-11(2)14(18)6-7-19(3)10-12-8-16(21-5)13(17)9-15(12)20-4/h8-9,11,14H,6-7,10,18H2,1-5H3. The normalized spacial score (nSPS) is 12.8. The van der Waals surface area contributed by atoms with Crippen LogP contribution in [0.3, 0.4) is 0 Å². The maximum absolute atomic E-state index is 6.10. The Kier molecular flexibility index (Phi) is 7.49. The average Bonchev–Trinajstić information content (AvgIpc) is 2.45. The predicted octanol–water partition coefficient (Wildman–Crippen LogP) is 3.27. The molecule has 0 radical (unpaired) electrons. The van der Waals surface area contributed by atoms with Gasteiger partial charge >= 0.3 is 0 Å². The molecule has 1 atom stereocenters. The smallest absolute Gasteiger partial charge is 0.133 e. The van der Waals surface area contributed by atoms with Crippen molar-refractivity contribution in [3.8, 4) is 11.5 Å². The molecule has 0 aliphatic carbocycles. The van der Waals surface area contributed by atoms with Crippen LogP contribution in [0.15, 0.2) is 16.6 Å². The summed E-state index contributed by atoms with van der Waals surface area (Å²) in [4.78, 5) is 2.26. The van der Waals surface area contributed by atoms with Gasteiger partial charge in [-0.3, -0.25) is 0 Å². The first kappa shape index (κ1) is 18.3. The Morgan fingerprint density at radius 2 is 1.81 bits per heavy atom. The van der Waals surface area contributed by atoms with E-state index in [-0.39, 0.29) is 6.04 Å². The first-order valence-corrected chi connectivity index (χ1v) is 8.02. The van der Waals surface area contributed by atoms with Crippen molar-refractivity contribution in [2.75, 3.05) is 27.8 Å². The van der Waals surface area contributed by atoms with E-state index in [1.54, 1.807) is 14.2 Å². The molecule has 1 rings (SSSR count). The van der Waals surface area contributed by atoms with Crippen molar-refractivity contribution in [2.24, 2.45) is 11.7 Å². The van der Waals surface area contributed by atoms with Crippen molar-refractivity contribution in [2.45, 2.75) is 32.9 Å². The van der Waals surface area contributed by atoms with Crippen LogP contribution in [0, 0.1) is 5.92 Å². The van der Waals surface area contributed by atoms with Gasteiger partial charge in [0.2, 0.25) is 0 Å². The van der Waals surface area contributed by atoms with E-state index in [1.165, 1.54) is 0 Å². The highest BCUT2D eigenvalue weighted by Gasteiger charge is 2.13. The number of hydrogen-bond donors (Lipinski definition) is 1. The van der Waals surface area contributed by atoms with Crippen LogP contribution in [-0.4, -0.2) is 38.8 Å². The van der Waals surface area contributed by atoms with Gasteiger partial charge in [0, 0.05) is 18.2 Å². The minimum atomic E-state index is 0.244. The van der Waals surface area contributed by atoms with Crippen LogP contribution >= 0.6 is 15.9 Å². The summed E-state index contributed by atoms with van der Waals surface area (Å²) in [6, 6.07) is 4.21. The molecule has 0 aliphatic heterocycles. The summed E-state index contributed by atoms with van der Waals surface area (Å²) in [5.41, 5.74) is 7.21. The summed E-state index contributed by atoms with van der Waals surface area (Å²) in [6.07, 6.45) is 0.990. The molecule has 0 bridgehead atoms. The zero-order valence-electron chi connectivity index (χ0n) is 13.6. The second kappa shape index (κ2) is 8.61. The van der Waals surface area contributed by atoms with E-state index in [9.17, 15) is 0 Å². The minimum absolute atomic E-state index is 0.244. The maximum atomic E-state index is 6.10. The van der Waals surface area contributed by atoms with Crippen LogP contribution in [0.25, 0.3) is 0 Å². The summed E-state index contributed by atoms with van der Waals surface area (Å²) in [5, 5.41) is 0. The molecule has 0 saturated carbocycles. The quantitative estimate of drug-likeness (QED) is 0.774. The third-order valence-corrected chi connectivity index (χ3v) is 4.32. The van der Waals surface area contributed by atoms with Gasteiger partial charge in [0.25, 0.3) is 0 Å². The molecule has 1 unspecified atom stereocenters. The van der Waals surface area contributed by atoms with E-state index in [4.69, 9.17) is 15.2 Å². The van der Waals surface area contributed by atoms with Crippen LogP contribution in [0.4, 0.5) is 0 Å². The molecule has 0 fully saturated rings. The molecule has 0 saturated heterocycles. The lowest BCUT2D eigenvalue weighted by Crippen LogP contribution is -2.31. The molecule has 21 heavy (non-hydrogen) atoms. The van der Waals surface area contributed by atoms with Gasteiger partial charge in [-0.1, -0.05) is 13.8 Å². The van der Waals surface area contributed by atoms with Crippen molar-refractivity contribution < 1.29 is 9.47 Å². The van der Waals surface area contributed by atoms with Crippen LogP contribution in [0.1, 0.15) is 25.8 Å². The van der Waals surface area contributed by atoms with E-state index < -0.39 is 0 Å². The fourth-order valence-electron chi connectivity index (χ4n) is 2.12. The van der Waals surface area contributed by atoms with Crippen LogP contribution < -0.4 is 15.2 Å². The highest BCUT2D eigenvalue weighted by Crippen LogP contribution is 2.33. The van der Waals surface area contributed by atoms with Crippen molar-refractivity contribution in [3.05, 3.63) is 22.2 Å². The molecule has 2 N–H and O–H groups in total. The fraction of sp³-hybridized carbons (Fsp3) is 0.625. The topological polar surface area (TPSA) is 47.7 Å². The van der Waals surface area contributed by atoms with E-state index in [2.05, 4.69) is 41.7 Å².